The second-order valence-electron chi connectivity index (χ2n) is 10.5. The Hall–Kier alpha value is -3.90. The van der Waals surface area contributed by atoms with Gasteiger partial charge in [-0.2, -0.15) is 4.99 Å². The highest BCUT2D eigenvalue weighted by atomic mass is 32.1. The molecule has 0 amide bonds. The molecular formula is C31H37N7O4S. The van der Waals surface area contributed by atoms with Crippen molar-refractivity contribution in [2.45, 2.75) is 19.6 Å². The first kappa shape index (κ1) is 32.0. The molecule has 4 rings (SSSR count). The lowest BCUT2D eigenvalue weighted by Crippen LogP contribution is -2.44. The maximum Gasteiger partial charge on any atom is 0.354 e. The fraction of sp³-hybridized carbons (Fsp3) is 0.387. The van der Waals surface area contributed by atoms with Gasteiger partial charge in [-0.25, -0.2) is 14.8 Å². The molecule has 1 aliphatic heterocycles. The van der Waals surface area contributed by atoms with Gasteiger partial charge in [0.25, 0.3) is 6.47 Å². The zero-order valence-electron chi connectivity index (χ0n) is 24.3. The number of aromatic nitrogens is 2. The van der Waals surface area contributed by atoms with Crippen molar-refractivity contribution in [2.24, 2.45) is 4.99 Å². The van der Waals surface area contributed by atoms with Crippen molar-refractivity contribution in [1.82, 2.24) is 29.6 Å². The fourth-order valence-corrected chi connectivity index (χ4v) is 5.01. The number of hydrogen-bond acceptors (Lipinski definition) is 11. The number of benzene rings is 1. The van der Waals surface area contributed by atoms with E-state index in [0.717, 1.165) is 76.0 Å². The lowest BCUT2D eigenvalue weighted by molar-refractivity contribution is -0.120. The molecule has 12 heteroatoms. The summed E-state index contributed by atoms with van der Waals surface area (Å²) >= 11 is 4.74. The molecule has 3 aromatic rings. The van der Waals surface area contributed by atoms with Gasteiger partial charge in [-0.15, -0.1) is 0 Å². The zero-order chi connectivity index (χ0) is 30.4. The summed E-state index contributed by atoms with van der Waals surface area (Å²) in [7, 11) is 2.12. The van der Waals surface area contributed by atoms with E-state index in [-0.39, 0.29) is 5.69 Å². The Labute approximate surface area is 257 Å². The van der Waals surface area contributed by atoms with Gasteiger partial charge in [-0.1, -0.05) is 24.3 Å². The summed E-state index contributed by atoms with van der Waals surface area (Å²) in [6.45, 7) is 9.02. The van der Waals surface area contributed by atoms with Gasteiger partial charge >= 0.3 is 5.97 Å². The van der Waals surface area contributed by atoms with Crippen molar-refractivity contribution in [3.63, 3.8) is 0 Å². The summed E-state index contributed by atoms with van der Waals surface area (Å²) in [5.74, 6) is -0.725. The number of nitrogens with zero attached hydrogens (tertiary/aromatic N) is 7. The molecule has 0 spiro atoms. The number of carbonyl (C=O) groups excluding carboxylic acids is 1. The van der Waals surface area contributed by atoms with Crippen LogP contribution in [0.2, 0.25) is 0 Å². The molecule has 0 atom stereocenters. The molecule has 1 N–H and O–H groups in total. The first-order valence-corrected chi connectivity index (χ1v) is 14.6. The van der Waals surface area contributed by atoms with E-state index >= 15 is 0 Å². The molecule has 3 heterocycles. The number of likely N-dealkylation sites (N-methyl/N-ethyl adjacent to an activating group) is 1. The molecule has 0 unspecified atom stereocenters. The van der Waals surface area contributed by atoms with Gasteiger partial charge < -0.3 is 14.7 Å². The highest BCUT2D eigenvalue weighted by molar-refractivity contribution is 7.78. The number of aliphatic imine (C=N–C) groups is 1. The van der Waals surface area contributed by atoms with Crippen LogP contribution in [0.25, 0.3) is 0 Å². The average molecular weight is 604 g/mol. The summed E-state index contributed by atoms with van der Waals surface area (Å²) < 4.78 is 4.96. The van der Waals surface area contributed by atoms with Gasteiger partial charge in [0.2, 0.25) is 5.88 Å². The Kier molecular flexibility index (Phi) is 12.4. The van der Waals surface area contributed by atoms with E-state index in [0.29, 0.717) is 25.4 Å². The molecule has 226 valence electrons. The smallest absolute Gasteiger partial charge is 0.354 e. The van der Waals surface area contributed by atoms with E-state index in [1.54, 1.807) is 12.1 Å². The van der Waals surface area contributed by atoms with Crippen LogP contribution in [0.3, 0.4) is 0 Å². The molecule has 43 heavy (non-hydrogen) atoms. The predicted molar refractivity (Wildman–Crippen MR) is 167 cm³/mol. The number of hydrogen-bond donors (Lipinski definition) is 1. The third-order valence-corrected chi connectivity index (χ3v) is 7.42. The SMILES string of the molecule is CN1CCN(Cc2cccc(OC=O)n2)CCN(Cc2ccc(N=C=S)cc2)CCN(Cc2cccc(C(=O)O)n2)CC1. The number of pyridine rings is 2. The van der Waals surface area contributed by atoms with Crippen molar-refractivity contribution in [3.8, 4) is 5.88 Å². The average Bonchev–Trinajstić information content (AvgIpc) is 3.00. The van der Waals surface area contributed by atoms with Gasteiger partial charge in [-0.05, 0) is 55.2 Å². The third-order valence-electron chi connectivity index (χ3n) is 7.33. The zero-order valence-corrected chi connectivity index (χ0v) is 25.2. The number of aromatic carboxylic acids is 1. The predicted octanol–water partition coefficient (Wildman–Crippen LogP) is 3.20. The second kappa shape index (κ2) is 16.7. The molecule has 11 nitrogen and oxygen atoms in total. The fourth-order valence-electron chi connectivity index (χ4n) is 4.90. The Morgan fingerprint density at radius 3 is 2.00 bits per heavy atom. The lowest BCUT2D eigenvalue weighted by atomic mass is 10.2. The normalized spacial score (nSPS) is 16.4. The minimum atomic E-state index is -1.02. The van der Waals surface area contributed by atoms with Crippen LogP contribution in [-0.2, 0) is 24.4 Å². The highest BCUT2D eigenvalue weighted by Crippen LogP contribution is 2.15. The monoisotopic (exact) mass is 603 g/mol. The number of carboxylic acid groups (broad SMARTS) is 1. The number of thiocarbonyl (C=S) groups is 1. The number of carboxylic acids is 1. The molecule has 1 aliphatic rings. The van der Waals surface area contributed by atoms with Crippen LogP contribution in [0.5, 0.6) is 5.88 Å². The van der Waals surface area contributed by atoms with Gasteiger partial charge in [0.05, 0.1) is 22.2 Å². The second-order valence-corrected chi connectivity index (χ2v) is 10.7. The van der Waals surface area contributed by atoms with E-state index < -0.39 is 5.97 Å². The molecule has 0 bridgehead atoms. The number of carbonyl (C=O) groups is 2. The molecule has 1 saturated heterocycles. The van der Waals surface area contributed by atoms with Gasteiger partial charge in [0, 0.05) is 78.1 Å². The first-order chi connectivity index (χ1) is 20.9. The third kappa shape index (κ3) is 10.7. The molecule has 0 radical (unpaired) electrons. The molecule has 0 saturated carbocycles. The number of ether oxygens (including phenoxy) is 1. The van der Waals surface area contributed by atoms with Crippen LogP contribution in [0, 0.1) is 0 Å². The van der Waals surface area contributed by atoms with Gasteiger partial charge in [0.15, 0.2) is 0 Å². The summed E-state index contributed by atoms with van der Waals surface area (Å²) in [6, 6.07) is 18.7. The van der Waals surface area contributed by atoms with Crippen molar-refractivity contribution in [2.75, 3.05) is 59.4 Å². The summed E-state index contributed by atoms with van der Waals surface area (Å²) in [5, 5.41) is 11.8. The number of isothiocyanates is 1. The first-order valence-electron chi connectivity index (χ1n) is 14.2. The van der Waals surface area contributed by atoms with Crippen molar-refractivity contribution < 1.29 is 19.4 Å². The van der Waals surface area contributed by atoms with Gasteiger partial charge in [0.1, 0.15) is 5.69 Å². The highest BCUT2D eigenvalue weighted by Gasteiger charge is 2.18. The Balaban J connectivity index is 1.51. The topological polar surface area (TPSA) is 115 Å². The van der Waals surface area contributed by atoms with Crippen LogP contribution in [0.4, 0.5) is 5.69 Å². The van der Waals surface area contributed by atoms with E-state index in [1.807, 2.05) is 30.3 Å². The van der Waals surface area contributed by atoms with E-state index in [4.69, 9.17) is 17.0 Å². The Morgan fingerprint density at radius 2 is 1.42 bits per heavy atom. The van der Waals surface area contributed by atoms with Crippen LogP contribution in [0.15, 0.2) is 65.7 Å². The molecular weight excluding hydrogens is 566 g/mol. The standard InChI is InChI=1S/C31H37N7O4S/c1-35-12-14-37(21-27-4-2-6-29(33-27)31(40)41)18-16-36(20-25-8-10-26(11-9-25)32-23-43)17-19-38(15-13-35)22-28-5-3-7-30(34-28)42-24-39/h2-11,24H,12-22H2,1H3,(H,40,41). The van der Waals surface area contributed by atoms with Crippen LogP contribution >= 0.6 is 12.2 Å². The molecule has 0 aliphatic carbocycles. The van der Waals surface area contributed by atoms with E-state index in [2.05, 4.69) is 58.9 Å². The lowest BCUT2D eigenvalue weighted by Gasteiger charge is -2.33. The summed E-state index contributed by atoms with van der Waals surface area (Å²) in [4.78, 5) is 44.7. The van der Waals surface area contributed by atoms with Crippen molar-refractivity contribution in [1.29, 1.82) is 0 Å². The summed E-state index contributed by atoms with van der Waals surface area (Å²) in [6.07, 6.45) is 0. The van der Waals surface area contributed by atoms with E-state index in [1.165, 1.54) is 11.6 Å². The minimum absolute atomic E-state index is 0.0601. The molecule has 1 aromatic carbocycles. The minimum Gasteiger partial charge on any atom is -0.477 e. The maximum absolute atomic E-state index is 11.5. The number of rotatable bonds is 10. The van der Waals surface area contributed by atoms with Crippen LogP contribution in [0.1, 0.15) is 27.4 Å². The van der Waals surface area contributed by atoms with E-state index in [9.17, 15) is 14.7 Å². The maximum atomic E-state index is 11.5. The Bertz CT molecular complexity index is 1400. The van der Waals surface area contributed by atoms with Crippen LogP contribution in [-0.4, -0.2) is 112 Å². The van der Waals surface area contributed by atoms with Crippen LogP contribution < -0.4 is 4.74 Å². The van der Waals surface area contributed by atoms with Crippen molar-refractivity contribution in [3.05, 3.63) is 83.3 Å². The molecule has 2 aromatic heterocycles. The van der Waals surface area contributed by atoms with Crippen molar-refractivity contribution >= 4 is 35.5 Å². The van der Waals surface area contributed by atoms with Gasteiger partial charge in [-0.3, -0.25) is 19.5 Å². The Morgan fingerprint density at radius 1 is 0.860 bits per heavy atom. The quantitative estimate of drug-likeness (QED) is 0.209. The molecule has 1 fully saturated rings. The largest absolute Gasteiger partial charge is 0.477 e. The summed E-state index contributed by atoms with van der Waals surface area (Å²) in [5.41, 5.74) is 3.60.